The van der Waals surface area contributed by atoms with E-state index in [1.165, 1.54) is 76.1 Å². The average Bonchev–Trinajstić information content (AvgIpc) is 3.02. The van der Waals surface area contributed by atoms with Gasteiger partial charge in [0.15, 0.2) is 0 Å². The van der Waals surface area contributed by atoms with E-state index in [1.807, 2.05) is 0 Å². The van der Waals surface area contributed by atoms with Gasteiger partial charge in [-0.2, -0.15) is 0 Å². The third kappa shape index (κ3) is 3.94. The van der Waals surface area contributed by atoms with Gasteiger partial charge in [0.1, 0.15) is 0 Å². The Labute approximate surface area is 258 Å². The van der Waals surface area contributed by atoms with E-state index in [0.29, 0.717) is 11.8 Å². The lowest BCUT2D eigenvalue weighted by Crippen LogP contribution is -2.00. The van der Waals surface area contributed by atoms with Crippen molar-refractivity contribution < 1.29 is 0 Å². The molecule has 0 bridgehead atoms. The predicted octanol–water partition coefficient (Wildman–Crippen LogP) is 11.9. The number of pyridine rings is 2. The Morgan fingerprint density at radius 3 is 1.23 bits per heavy atom. The molecule has 2 aromatic heterocycles. The molecule has 0 aliphatic heterocycles. The van der Waals surface area contributed by atoms with E-state index in [2.05, 4.69) is 139 Å². The molecule has 0 unspecified atom stereocenters. The van der Waals surface area contributed by atoms with E-state index in [9.17, 15) is 0 Å². The lowest BCUT2D eigenvalue weighted by molar-refractivity contribution is 0.876. The van der Waals surface area contributed by atoms with Crippen LogP contribution in [0, 0.1) is 13.8 Å². The Bertz CT molecular complexity index is 2240. The minimum atomic E-state index is 0.369. The zero-order valence-corrected chi connectivity index (χ0v) is 26.3. The normalized spacial score (nSPS) is 12.3. The van der Waals surface area contributed by atoms with Crippen molar-refractivity contribution in [3.05, 3.63) is 120 Å². The van der Waals surface area contributed by atoms with E-state index < -0.39 is 0 Å². The molecule has 0 aliphatic rings. The third-order valence-corrected chi connectivity index (χ3v) is 9.62. The van der Waals surface area contributed by atoms with Gasteiger partial charge in [-0.1, -0.05) is 100 Å². The lowest BCUT2D eigenvalue weighted by Gasteiger charge is -2.23. The first-order valence-corrected chi connectivity index (χ1v) is 15.8. The molecule has 0 atom stereocenters. The molecule has 2 heteroatoms. The van der Waals surface area contributed by atoms with Gasteiger partial charge in [0.25, 0.3) is 0 Å². The van der Waals surface area contributed by atoms with Gasteiger partial charge >= 0.3 is 0 Å². The van der Waals surface area contributed by atoms with Crippen LogP contribution in [-0.2, 0) is 0 Å². The van der Waals surface area contributed by atoms with Gasteiger partial charge in [0.2, 0.25) is 0 Å². The second-order valence-electron chi connectivity index (χ2n) is 13.0. The maximum Gasteiger partial charge on any atom is 0.0717 e. The summed E-state index contributed by atoms with van der Waals surface area (Å²) < 4.78 is 0. The Morgan fingerprint density at radius 2 is 0.818 bits per heavy atom. The first-order valence-electron chi connectivity index (χ1n) is 15.8. The summed E-state index contributed by atoms with van der Waals surface area (Å²) in [5.41, 5.74) is 9.36. The minimum Gasteiger partial charge on any atom is -0.252 e. The average molecular weight is 569 g/mol. The number of benzene rings is 6. The zero-order chi connectivity index (χ0) is 30.3. The molecule has 8 rings (SSSR count). The van der Waals surface area contributed by atoms with E-state index in [1.54, 1.807) is 0 Å². The Morgan fingerprint density at radius 1 is 0.432 bits per heavy atom. The van der Waals surface area contributed by atoms with E-state index in [0.717, 1.165) is 22.8 Å². The molecule has 0 saturated heterocycles. The van der Waals surface area contributed by atoms with Gasteiger partial charge < -0.3 is 0 Å². The molecular weight excluding hydrogens is 532 g/mol. The first kappa shape index (κ1) is 26.8. The lowest BCUT2D eigenvalue weighted by atomic mass is 9.81. The molecule has 214 valence electrons. The van der Waals surface area contributed by atoms with E-state index >= 15 is 0 Å². The molecule has 0 amide bonds. The number of hydrogen-bond donors (Lipinski definition) is 0. The predicted molar refractivity (Wildman–Crippen MR) is 189 cm³/mol. The molecule has 8 aromatic rings. The van der Waals surface area contributed by atoms with Crippen molar-refractivity contribution in [3.63, 3.8) is 0 Å². The van der Waals surface area contributed by atoms with Crippen LogP contribution in [-0.4, -0.2) is 9.97 Å². The number of rotatable bonds is 4. The summed E-state index contributed by atoms with van der Waals surface area (Å²) in [4.78, 5) is 10.4. The topological polar surface area (TPSA) is 25.8 Å². The van der Waals surface area contributed by atoms with Crippen molar-refractivity contribution in [1.82, 2.24) is 9.97 Å². The van der Waals surface area contributed by atoms with Crippen molar-refractivity contribution in [2.24, 2.45) is 0 Å². The monoisotopic (exact) mass is 568 g/mol. The molecule has 0 fully saturated rings. The summed E-state index contributed by atoms with van der Waals surface area (Å²) >= 11 is 0. The maximum atomic E-state index is 5.19. The highest BCUT2D eigenvalue weighted by molar-refractivity contribution is 6.29. The van der Waals surface area contributed by atoms with Crippen LogP contribution in [0.1, 0.15) is 62.0 Å². The highest BCUT2D eigenvalue weighted by Gasteiger charge is 2.22. The van der Waals surface area contributed by atoms with Crippen LogP contribution in [0.15, 0.2) is 97.1 Å². The van der Waals surface area contributed by atoms with Crippen LogP contribution in [0.3, 0.4) is 0 Å². The van der Waals surface area contributed by atoms with Gasteiger partial charge in [-0.05, 0) is 104 Å². The highest BCUT2D eigenvalue weighted by atomic mass is 14.7. The van der Waals surface area contributed by atoms with Gasteiger partial charge in [-0.15, -0.1) is 0 Å². The molecule has 6 aromatic carbocycles. The summed E-state index contributed by atoms with van der Waals surface area (Å²) in [7, 11) is 0. The van der Waals surface area contributed by atoms with Crippen LogP contribution in [0.4, 0.5) is 0 Å². The molecule has 0 saturated carbocycles. The van der Waals surface area contributed by atoms with Crippen molar-refractivity contribution in [3.8, 4) is 22.5 Å². The number of aromatic nitrogens is 2. The number of hydrogen-bond acceptors (Lipinski definition) is 2. The van der Waals surface area contributed by atoms with Crippen molar-refractivity contribution in [1.29, 1.82) is 0 Å². The SMILES string of the molecule is Cc1nc(-c2cc(C(C)C)c3ccc4c(-c5cc6ccccc6c(C)n5)cc(C(C)C)c5ccc2c3c45)cc2ccccc12. The van der Waals surface area contributed by atoms with Gasteiger partial charge in [0, 0.05) is 33.3 Å². The van der Waals surface area contributed by atoms with Crippen LogP contribution in [0.2, 0.25) is 0 Å². The maximum absolute atomic E-state index is 5.19. The fourth-order valence-electron chi connectivity index (χ4n) is 7.45. The van der Waals surface area contributed by atoms with Gasteiger partial charge in [-0.3, -0.25) is 9.97 Å². The molecular formula is C42H36N2. The number of nitrogens with zero attached hydrogens (tertiary/aromatic N) is 2. The quantitative estimate of drug-likeness (QED) is 0.197. The summed E-state index contributed by atoms with van der Waals surface area (Å²) in [6.07, 6.45) is 0. The third-order valence-electron chi connectivity index (χ3n) is 9.62. The van der Waals surface area contributed by atoms with Crippen LogP contribution >= 0.6 is 0 Å². The van der Waals surface area contributed by atoms with Gasteiger partial charge in [0.05, 0.1) is 11.4 Å². The van der Waals surface area contributed by atoms with Gasteiger partial charge in [-0.25, -0.2) is 0 Å². The summed E-state index contributed by atoms with van der Waals surface area (Å²) in [5, 5.41) is 12.8. The molecule has 0 aliphatic carbocycles. The standard InChI is InChI=1S/C42H36N2/c1-23(2)35-21-37(39-19-27-11-7-9-13-29(27)25(5)43-39)33-18-16-32-36(24(3)4)22-38(34-17-15-31(35)41(33)42(32)34)40-20-28-12-8-10-14-30(28)26(6)44-40/h7-24H,1-6H3. The minimum absolute atomic E-state index is 0.369. The van der Waals surface area contributed by atoms with Crippen molar-refractivity contribution in [2.45, 2.75) is 53.4 Å². The fraction of sp³-hybridized carbons (Fsp3) is 0.190. The van der Waals surface area contributed by atoms with Crippen LogP contribution in [0.5, 0.6) is 0 Å². The van der Waals surface area contributed by atoms with E-state index in [4.69, 9.17) is 9.97 Å². The second-order valence-corrected chi connectivity index (χ2v) is 13.0. The Balaban J connectivity index is 1.53. The summed E-state index contributed by atoms with van der Waals surface area (Å²) in [6.45, 7) is 13.5. The zero-order valence-electron chi connectivity index (χ0n) is 26.3. The van der Waals surface area contributed by atoms with Crippen LogP contribution < -0.4 is 0 Å². The number of fused-ring (bicyclic) bond motifs is 2. The molecule has 2 heterocycles. The number of aryl methyl sites for hydroxylation is 2. The summed E-state index contributed by atoms with van der Waals surface area (Å²) in [6, 6.07) is 35.9. The van der Waals surface area contributed by atoms with Crippen molar-refractivity contribution in [2.75, 3.05) is 0 Å². The Hall–Kier alpha value is -4.82. The first-order chi connectivity index (χ1) is 21.3. The molecule has 0 spiro atoms. The smallest absolute Gasteiger partial charge is 0.0717 e. The fourth-order valence-corrected chi connectivity index (χ4v) is 7.45. The molecule has 44 heavy (non-hydrogen) atoms. The molecule has 0 N–H and O–H groups in total. The van der Waals surface area contributed by atoms with Crippen LogP contribution in [0.25, 0.3) is 76.4 Å². The highest BCUT2D eigenvalue weighted by Crippen LogP contribution is 2.47. The molecule has 2 nitrogen and oxygen atoms in total. The summed E-state index contributed by atoms with van der Waals surface area (Å²) in [5.74, 6) is 0.738. The second kappa shape index (κ2) is 9.86. The van der Waals surface area contributed by atoms with Crippen molar-refractivity contribution >= 4 is 53.9 Å². The molecule has 0 radical (unpaired) electrons. The largest absolute Gasteiger partial charge is 0.252 e. The Kier molecular flexibility index (Phi) is 6.00. The van der Waals surface area contributed by atoms with E-state index in [-0.39, 0.29) is 0 Å².